The lowest BCUT2D eigenvalue weighted by molar-refractivity contribution is -0.384. The molecule has 17 heavy (non-hydrogen) atoms. The third-order valence-corrected chi connectivity index (χ3v) is 4.22. The van der Waals surface area contributed by atoms with Crippen LogP contribution in [0.4, 0.5) is 5.69 Å². The van der Waals surface area contributed by atoms with Gasteiger partial charge in [0.05, 0.1) is 11.5 Å². The summed E-state index contributed by atoms with van der Waals surface area (Å²) in [4.78, 5) is 9.97. The van der Waals surface area contributed by atoms with Crippen LogP contribution in [0.15, 0.2) is 24.3 Å². The van der Waals surface area contributed by atoms with E-state index in [1.165, 1.54) is 31.4 Å². The van der Waals surface area contributed by atoms with E-state index in [1.54, 1.807) is 6.92 Å². The lowest BCUT2D eigenvalue weighted by Crippen LogP contribution is -1.99. The summed E-state index contributed by atoms with van der Waals surface area (Å²) in [6, 6.07) is 5.57. The van der Waals surface area contributed by atoms with Crippen LogP contribution in [-0.2, 0) is 20.9 Å². The van der Waals surface area contributed by atoms with Crippen molar-refractivity contribution >= 4 is 24.2 Å². The van der Waals surface area contributed by atoms with Gasteiger partial charge in [-0.25, -0.2) is 0 Å². The highest BCUT2D eigenvalue weighted by Gasteiger charge is 2.20. The molecule has 1 rings (SSSR count). The summed E-state index contributed by atoms with van der Waals surface area (Å²) in [6.07, 6.45) is 0. The van der Waals surface area contributed by atoms with Gasteiger partial charge in [-0.1, -0.05) is 0 Å². The van der Waals surface area contributed by atoms with Gasteiger partial charge in [0.15, 0.2) is 0 Å². The highest BCUT2D eigenvalue weighted by molar-refractivity contribution is 8.07. The molecule has 94 valence electrons. The van der Waals surface area contributed by atoms with E-state index in [2.05, 4.69) is 0 Å². The van der Waals surface area contributed by atoms with Crippen LogP contribution in [0.1, 0.15) is 6.92 Å². The molecule has 0 bridgehead atoms. The molecule has 0 aliphatic heterocycles. The molecule has 1 atom stereocenters. The normalized spacial score (nSPS) is 14.0. The number of hydrogen-bond acceptors (Lipinski definition) is 6. The van der Waals surface area contributed by atoms with Crippen molar-refractivity contribution in [2.75, 3.05) is 13.7 Å². The fourth-order valence-electron chi connectivity index (χ4n) is 1.03. The van der Waals surface area contributed by atoms with E-state index >= 15 is 0 Å². The van der Waals surface area contributed by atoms with E-state index in [1.807, 2.05) is 0 Å². The van der Waals surface area contributed by atoms with Gasteiger partial charge in [-0.2, -0.15) is 0 Å². The topological polar surface area (TPSA) is 70.8 Å². The summed E-state index contributed by atoms with van der Waals surface area (Å²) in [7, 11) is 1.40. The van der Waals surface area contributed by atoms with Crippen LogP contribution in [0.25, 0.3) is 0 Å². The molecule has 1 unspecified atom stereocenters. The number of nitrogens with zero attached hydrogens (tertiary/aromatic N) is 1. The highest BCUT2D eigenvalue weighted by atomic mass is 32.5. The Balaban J connectivity index is 2.81. The van der Waals surface area contributed by atoms with E-state index in [-0.39, 0.29) is 5.69 Å². The minimum Gasteiger partial charge on any atom is -0.424 e. The largest absolute Gasteiger partial charge is 0.424 e. The molecule has 0 aliphatic rings. The second-order valence-electron chi connectivity index (χ2n) is 2.89. The fourth-order valence-corrected chi connectivity index (χ4v) is 2.54. The minimum absolute atomic E-state index is 0.0144. The van der Waals surface area contributed by atoms with Crippen LogP contribution in [0.2, 0.25) is 0 Å². The molecule has 6 nitrogen and oxygen atoms in total. The molecule has 8 heteroatoms. The van der Waals surface area contributed by atoms with Crippen molar-refractivity contribution in [3.8, 4) is 5.75 Å². The molecule has 1 aromatic rings. The Morgan fingerprint density at radius 3 is 2.41 bits per heavy atom. The van der Waals surface area contributed by atoms with Gasteiger partial charge < -0.3 is 9.05 Å². The second-order valence-corrected chi connectivity index (χ2v) is 5.93. The monoisotopic (exact) mass is 277 g/mol. The predicted octanol–water partition coefficient (Wildman–Crippen LogP) is 2.88. The van der Waals surface area contributed by atoms with Gasteiger partial charge >= 0.3 is 6.72 Å². The lowest BCUT2D eigenvalue weighted by Gasteiger charge is -2.19. The summed E-state index contributed by atoms with van der Waals surface area (Å²) in [5, 5.41) is 10.5. The first-order valence-corrected chi connectivity index (χ1v) is 7.30. The van der Waals surface area contributed by atoms with Gasteiger partial charge in [-0.15, -0.1) is 0 Å². The molecular weight excluding hydrogens is 265 g/mol. The molecule has 0 spiro atoms. The lowest BCUT2D eigenvalue weighted by atomic mass is 10.3. The summed E-state index contributed by atoms with van der Waals surface area (Å²) < 4.78 is 15.6. The number of rotatable bonds is 6. The number of benzene rings is 1. The fraction of sp³-hybridized carbons (Fsp3) is 0.333. The quantitative estimate of drug-likeness (QED) is 0.452. The van der Waals surface area contributed by atoms with Crippen molar-refractivity contribution < 1.29 is 18.5 Å². The molecule has 0 saturated carbocycles. The summed E-state index contributed by atoms with van der Waals surface area (Å²) in [5.41, 5.74) is -0.0144. The molecule has 0 radical (unpaired) electrons. The van der Waals surface area contributed by atoms with E-state index in [0.29, 0.717) is 12.4 Å². The first-order valence-electron chi connectivity index (χ1n) is 4.75. The van der Waals surface area contributed by atoms with E-state index in [4.69, 9.17) is 25.4 Å². The minimum atomic E-state index is -2.80. The molecule has 0 fully saturated rings. The average molecular weight is 277 g/mol. The van der Waals surface area contributed by atoms with Crippen molar-refractivity contribution in [2.24, 2.45) is 0 Å². The maximum Gasteiger partial charge on any atom is 0.380 e. The van der Waals surface area contributed by atoms with Crippen molar-refractivity contribution in [1.29, 1.82) is 0 Å². The predicted molar refractivity (Wildman–Crippen MR) is 66.6 cm³/mol. The standard InChI is InChI=1S/C9H12NO5PS/c1-3-14-16(17,13-2)15-9-6-4-8(5-7-9)10(11)12/h4-7H,3H2,1-2H3. The summed E-state index contributed by atoms with van der Waals surface area (Å²) in [6.45, 7) is -0.647. The molecule has 0 aliphatic carbocycles. The van der Waals surface area contributed by atoms with Crippen LogP contribution in [-0.4, -0.2) is 18.6 Å². The first-order chi connectivity index (χ1) is 8.00. The molecule has 1 aromatic carbocycles. The van der Waals surface area contributed by atoms with Gasteiger partial charge in [0.2, 0.25) is 0 Å². The molecule has 0 aromatic heterocycles. The molecule has 0 amide bonds. The summed E-state index contributed by atoms with van der Waals surface area (Å²) >= 11 is 5.08. The van der Waals surface area contributed by atoms with Crippen LogP contribution < -0.4 is 4.52 Å². The molecule has 0 heterocycles. The zero-order chi connectivity index (χ0) is 12.9. The Morgan fingerprint density at radius 1 is 1.41 bits per heavy atom. The zero-order valence-electron chi connectivity index (χ0n) is 9.36. The van der Waals surface area contributed by atoms with E-state index in [0.717, 1.165) is 0 Å². The van der Waals surface area contributed by atoms with Crippen LogP contribution >= 0.6 is 6.72 Å². The van der Waals surface area contributed by atoms with Crippen LogP contribution in [0.5, 0.6) is 5.75 Å². The van der Waals surface area contributed by atoms with E-state index in [9.17, 15) is 10.1 Å². The Hall–Kier alpha value is -1.01. The Kier molecular flexibility index (Phi) is 5.02. The Morgan fingerprint density at radius 2 is 2.00 bits per heavy atom. The molecule has 0 saturated heterocycles. The molecular formula is C9H12NO5PS. The number of hydrogen-bond donors (Lipinski definition) is 0. The first kappa shape index (κ1) is 14.1. The Labute approximate surface area is 104 Å². The van der Waals surface area contributed by atoms with Crippen molar-refractivity contribution in [1.82, 2.24) is 0 Å². The number of nitro benzene ring substituents is 1. The van der Waals surface area contributed by atoms with Gasteiger partial charge in [-0.3, -0.25) is 14.6 Å². The maximum absolute atomic E-state index is 10.5. The third-order valence-electron chi connectivity index (χ3n) is 1.78. The van der Waals surface area contributed by atoms with Gasteiger partial charge in [0.25, 0.3) is 5.69 Å². The van der Waals surface area contributed by atoms with Crippen molar-refractivity contribution in [3.63, 3.8) is 0 Å². The Bertz CT molecular complexity index is 436. The maximum atomic E-state index is 10.5. The number of nitro groups is 1. The SMILES string of the molecule is CCOP(=S)(OC)Oc1ccc([N+](=O)[O-])cc1. The van der Waals surface area contributed by atoms with Gasteiger partial charge in [0.1, 0.15) is 5.75 Å². The highest BCUT2D eigenvalue weighted by Crippen LogP contribution is 2.48. The summed E-state index contributed by atoms with van der Waals surface area (Å²) in [5.74, 6) is 0.384. The zero-order valence-corrected chi connectivity index (χ0v) is 11.1. The van der Waals surface area contributed by atoms with Crippen molar-refractivity contribution in [2.45, 2.75) is 6.92 Å². The van der Waals surface area contributed by atoms with Crippen LogP contribution in [0, 0.1) is 10.1 Å². The van der Waals surface area contributed by atoms with Gasteiger partial charge in [0, 0.05) is 31.0 Å². The van der Waals surface area contributed by atoms with Crippen molar-refractivity contribution in [3.05, 3.63) is 34.4 Å². The van der Waals surface area contributed by atoms with Gasteiger partial charge in [-0.05, 0) is 19.1 Å². The average Bonchev–Trinajstić information content (AvgIpc) is 2.30. The van der Waals surface area contributed by atoms with E-state index < -0.39 is 11.6 Å². The number of non-ortho nitro benzene ring substituents is 1. The second kappa shape index (κ2) is 6.07. The van der Waals surface area contributed by atoms with Crippen LogP contribution in [0.3, 0.4) is 0 Å². The smallest absolute Gasteiger partial charge is 0.380 e. The molecule has 0 N–H and O–H groups in total. The third kappa shape index (κ3) is 4.05.